The highest BCUT2D eigenvalue weighted by atomic mass is 32.1. The predicted octanol–water partition coefficient (Wildman–Crippen LogP) is 4.93. The normalized spacial score (nSPS) is 78.4. The molecule has 5 rings (SSSR count). The first kappa shape index (κ1) is 10.6. The number of hydrogen-bond donors (Lipinski definition) is 0. The van der Waals surface area contributed by atoms with E-state index in [4.69, 9.17) is 0 Å². The summed E-state index contributed by atoms with van der Waals surface area (Å²) in [5.41, 5.74) is 0.915. The van der Waals surface area contributed by atoms with Crippen molar-refractivity contribution in [3.63, 3.8) is 0 Å². The first-order valence-corrected chi connectivity index (χ1v) is 11.4. The Morgan fingerprint density at radius 3 is 2.47 bits per heavy atom. The Balaban J connectivity index is 1.58. The molecule has 94 valence electrons. The van der Waals surface area contributed by atoms with Crippen molar-refractivity contribution in [1.82, 2.24) is 0 Å². The number of fused-ring (bicyclic) bond motifs is 2. The average molecular weight is 266 g/mol. The van der Waals surface area contributed by atoms with Crippen molar-refractivity contribution in [2.45, 2.75) is 51.1 Å². The van der Waals surface area contributed by atoms with Crippen LogP contribution in [-0.4, -0.2) is 16.7 Å². The fourth-order valence-corrected chi connectivity index (χ4v) is 19.5. The highest BCUT2D eigenvalue weighted by Gasteiger charge is 3.02. The lowest BCUT2D eigenvalue weighted by molar-refractivity contribution is 0.355. The summed E-state index contributed by atoms with van der Waals surface area (Å²) in [5.74, 6) is 5.71. The molecule has 2 heteroatoms. The molecule has 2 aliphatic heterocycles. The molecular formula is C15H24P2. The number of hydrogen-bond acceptors (Lipinski definition) is 0. The first-order chi connectivity index (χ1) is 8.11. The van der Waals surface area contributed by atoms with Crippen LogP contribution in [-0.2, 0) is 0 Å². The molecule has 3 saturated carbocycles. The minimum Gasteiger partial charge on any atom is -0.0721 e. The van der Waals surface area contributed by atoms with Crippen LogP contribution < -0.4 is 0 Å². The van der Waals surface area contributed by atoms with E-state index in [-0.39, 0.29) is 0 Å². The van der Waals surface area contributed by atoms with Gasteiger partial charge in [-0.3, -0.25) is 0 Å². The zero-order valence-corrected chi connectivity index (χ0v) is 13.3. The van der Waals surface area contributed by atoms with E-state index in [0.29, 0.717) is 15.2 Å². The van der Waals surface area contributed by atoms with E-state index in [1.165, 1.54) is 11.3 Å². The summed E-state index contributed by atoms with van der Waals surface area (Å²) < 4.78 is 0. The first-order valence-electron chi connectivity index (χ1n) is 7.67. The van der Waals surface area contributed by atoms with Gasteiger partial charge in [-0.2, -0.15) is 0 Å². The van der Waals surface area contributed by atoms with E-state index >= 15 is 0 Å². The molecule has 0 amide bonds. The topological polar surface area (TPSA) is 0 Å². The van der Waals surface area contributed by atoms with Gasteiger partial charge in [0.2, 0.25) is 0 Å². The van der Waals surface area contributed by atoms with Crippen LogP contribution in [0.2, 0.25) is 0 Å². The molecule has 17 heavy (non-hydrogen) atoms. The smallest absolute Gasteiger partial charge is 0.00778 e. The van der Waals surface area contributed by atoms with Crippen LogP contribution in [0.15, 0.2) is 0 Å². The van der Waals surface area contributed by atoms with Crippen molar-refractivity contribution >= 4 is 15.2 Å². The summed E-state index contributed by atoms with van der Waals surface area (Å²) in [6.45, 7) is 10.4. The van der Waals surface area contributed by atoms with Crippen LogP contribution in [0.1, 0.15) is 40.5 Å². The minimum atomic E-state index is 0.516. The van der Waals surface area contributed by atoms with E-state index in [0.717, 1.165) is 34.2 Å². The van der Waals surface area contributed by atoms with Gasteiger partial charge in [0.25, 0.3) is 0 Å². The van der Waals surface area contributed by atoms with Crippen molar-refractivity contribution in [3.8, 4) is 0 Å². The molecule has 0 N–H and O–H groups in total. The zero-order chi connectivity index (χ0) is 11.7. The molecule has 2 heterocycles. The van der Waals surface area contributed by atoms with Crippen LogP contribution in [0, 0.1) is 35.0 Å². The van der Waals surface area contributed by atoms with E-state index in [1.54, 1.807) is 19.0 Å². The van der Waals surface area contributed by atoms with Crippen LogP contribution in [0.25, 0.3) is 0 Å². The molecule has 0 nitrogen and oxygen atoms in total. The van der Waals surface area contributed by atoms with Gasteiger partial charge in [-0.25, -0.2) is 0 Å². The zero-order valence-electron chi connectivity index (χ0n) is 11.5. The largest absolute Gasteiger partial charge is 0.0721 e. The van der Waals surface area contributed by atoms with Crippen molar-refractivity contribution in [3.05, 3.63) is 0 Å². The molecule has 0 bridgehead atoms. The summed E-state index contributed by atoms with van der Waals surface area (Å²) >= 11 is 0. The third-order valence-electron chi connectivity index (χ3n) is 7.71. The van der Waals surface area contributed by atoms with E-state index < -0.39 is 0 Å². The second-order valence-electron chi connectivity index (χ2n) is 7.53. The number of rotatable bonds is 0. The molecule has 8 unspecified atom stereocenters. The molecule has 0 aromatic carbocycles. The maximum atomic E-state index is 2.63. The van der Waals surface area contributed by atoms with Crippen LogP contribution in [0.3, 0.4) is 0 Å². The lowest BCUT2D eigenvalue weighted by Crippen LogP contribution is -2.11. The average Bonchev–Trinajstić information content (AvgIpc) is 3.25. The van der Waals surface area contributed by atoms with Gasteiger partial charge >= 0.3 is 0 Å². The van der Waals surface area contributed by atoms with Crippen LogP contribution in [0.4, 0.5) is 0 Å². The standard InChI is InChI=1S/C15H24P2/c1-8-12-6-5-7-16-11(4)17(16)15-9(2)14(15,10(15)3)13(8)12/h8-13H,5-7H2,1-4H3. The highest BCUT2D eigenvalue weighted by molar-refractivity contribution is 8.47. The van der Waals surface area contributed by atoms with E-state index in [1.807, 2.05) is 0 Å². The Bertz CT molecular complexity index is 371. The maximum absolute atomic E-state index is 2.63. The summed E-state index contributed by atoms with van der Waals surface area (Å²) in [4.78, 5) is 0. The van der Waals surface area contributed by atoms with Gasteiger partial charge < -0.3 is 0 Å². The Morgan fingerprint density at radius 1 is 1.06 bits per heavy atom. The van der Waals surface area contributed by atoms with Gasteiger partial charge in [0.1, 0.15) is 0 Å². The van der Waals surface area contributed by atoms with Gasteiger partial charge in [-0.05, 0) is 54.0 Å². The molecule has 0 radical (unpaired) electrons. The van der Waals surface area contributed by atoms with Crippen molar-refractivity contribution in [1.29, 1.82) is 0 Å². The molecule has 0 aromatic rings. The highest BCUT2D eigenvalue weighted by Crippen LogP contribution is 3.16. The summed E-state index contributed by atoms with van der Waals surface area (Å²) in [5, 5.41) is 2.17. The van der Waals surface area contributed by atoms with Crippen molar-refractivity contribution in [2.24, 2.45) is 35.0 Å². The molecule has 5 aliphatic rings. The Kier molecular flexibility index (Phi) is 1.67. The van der Waals surface area contributed by atoms with Gasteiger partial charge in [0.15, 0.2) is 0 Å². The van der Waals surface area contributed by atoms with E-state index in [9.17, 15) is 0 Å². The molecule has 2 saturated heterocycles. The minimum absolute atomic E-state index is 0.516. The second kappa shape index (κ2) is 2.67. The van der Waals surface area contributed by atoms with Gasteiger partial charge in [0, 0.05) is 10.6 Å². The Hall–Kier alpha value is 0.860. The lowest BCUT2D eigenvalue weighted by atomic mass is 9.92. The third-order valence-corrected chi connectivity index (χ3v) is 18.2. The van der Waals surface area contributed by atoms with Gasteiger partial charge in [-0.1, -0.05) is 42.9 Å². The molecule has 0 spiro atoms. The molecule has 3 aliphatic carbocycles. The fraction of sp³-hybridized carbons (Fsp3) is 1.00. The third kappa shape index (κ3) is 0.808. The maximum Gasteiger partial charge on any atom is 0.00778 e. The molecule has 0 aromatic heterocycles. The van der Waals surface area contributed by atoms with Crippen LogP contribution in [0.5, 0.6) is 0 Å². The Labute approximate surface area is 108 Å². The molecule has 8 atom stereocenters. The van der Waals surface area contributed by atoms with Crippen molar-refractivity contribution < 1.29 is 0 Å². The summed E-state index contributed by atoms with van der Waals surface area (Å²) in [6.07, 6.45) is 4.85. The fourth-order valence-electron chi connectivity index (χ4n) is 6.94. The van der Waals surface area contributed by atoms with Crippen molar-refractivity contribution in [2.75, 3.05) is 6.16 Å². The van der Waals surface area contributed by atoms with Crippen LogP contribution >= 0.6 is 15.2 Å². The van der Waals surface area contributed by atoms with E-state index in [2.05, 4.69) is 27.7 Å². The predicted molar refractivity (Wildman–Crippen MR) is 77.0 cm³/mol. The van der Waals surface area contributed by atoms with Gasteiger partial charge in [-0.15, -0.1) is 0 Å². The Morgan fingerprint density at radius 2 is 1.76 bits per heavy atom. The second-order valence-corrected chi connectivity index (χ2v) is 15.1. The quantitative estimate of drug-likeness (QED) is 0.546. The lowest BCUT2D eigenvalue weighted by Gasteiger charge is -2.17. The monoisotopic (exact) mass is 266 g/mol. The van der Waals surface area contributed by atoms with Gasteiger partial charge in [0.05, 0.1) is 0 Å². The summed E-state index contributed by atoms with van der Waals surface area (Å²) in [7, 11) is 1.06. The SMILES string of the molecule is CC1C2CCCP3C(C)P3C34C(C)C3(C12)C4C. The summed E-state index contributed by atoms with van der Waals surface area (Å²) in [6, 6.07) is 0. The molecular weight excluding hydrogens is 242 g/mol. The molecule has 5 fully saturated rings.